The third kappa shape index (κ3) is 3.06. The van der Waals surface area contributed by atoms with Crippen molar-refractivity contribution < 1.29 is 9.18 Å². The summed E-state index contributed by atoms with van der Waals surface area (Å²) in [5.41, 5.74) is 1.15. The van der Waals surface area contributed by atoms with Crippen LogP contribution < -0.4 is 0 Å². The zero-order chi connectivity index (χ0) is 18.3. The number of carbonyl (C=O) groups excluding carboxylic acids is 1. The van der Waals surface area contributed by atoms with Gasteiger partial charge in [-0.25, -0.2) is 4.39 Å². The molecule has 1 aliphatic rings. The van der Waals surface area contributed by atoms with Crippen molar-refractivity contribution in [2.24, 2.45) is 0 Å². The van der Waals surface area contributed by atoms with Gasteiger partial charge in [0.15, 0.2) is 11.6 Å². The molecule has 132 valence electrons. The van der Waals surface area contributed by atoms with Crippen molar-refractivity contribution in [3.05, 3.63) is 69.7 Å². The molecule has 0 unspecified atom stereocenters. The highest BCUT2D eigenvalue weighted by molar-refractivity contribution is 6.33. The third-order valence-electron chi connectivity index (χ3n) is 4.28. The Morgan fingerprint density at radius 1 is 1.08 bits per heavy atom. The summed E-state index contributed by atoms with van der Waals surface area (Å²) in [5, 5.41) is 9.18. The summed E-state index contributed by atoms with van der Waals surface area (Å²) in [6.07, 6.45) is 0. The van der Waals surface area contributed by atoms with E-state index in [4.69, 9.17) is 23.2 Å². The number of amides is 1. The first-order chi connectivity index (χ1) is 12.5. The highest BCUT2D eigenvalue weighted by atomic mass is 35.5. The highest BCUT2D eigenvalue weighted by Crippen LogP contribution is 2.26. The molecule has 5 nitrogen and oxygen atoms in total. The minimum atomic E-state index is -0.476. The zero-order valence-electron chi connectivity index (χ0n) is 13.5. The Morgan fingerprint density at radius 3 is 2.69 bits per heavy atom. The second kappa shape index (κ2) is 6.70. The van der Waals surface area contributed by atoms with Crippen LogP contribution in [0.2, 0.25) is 10.0 Å². The van der Waals surface area contributed by atoms with E-state index >= 15 is 0 Å². The van der Waals surface area contributed by atoms with E-state index in [1.54, 1.807) is 11.0 Å². The fourth-order valence-electron chi connectivity index (χ4n) is 3.01. The predicted molar refractivity (Wildman–Crippen MR) is 96.6 cm³/mol. The van der Waals surface area contributed by atoms with Crippen LogP contribution in [-0.2, 0) is 13.1 Å². The number of benzene rings is 2. The molecule has 26 heavy (non-hydrogen) atoms. The summed E-state index contributed by atoms with van der Waals surface area (Å²) in [5.74, 6) is 0.664. The van der Waals surface area contributed by atoms with Gasteiger partial charge in [0.25, 0.3) is 5.91 Å². The molecular formula is C18H13Cl2FN4O. The van der Waals surface area contributed by atoms with E-state index in [-0.39, 0.29) is 16.5 Å². The van der Waals surface area contributed by atoms with E-state index in [2.05, 4.69) is 10.2 Å². The number of nitrogens with zero attached hydrogens (tertiary/aromatic N) is 4. The topological polar surface area (TPSA) is 51.0 Å². The molecule has 0 spiro atoms. The van der Waals surface area contributed by atoms with Gasteiger partial charge < -0.3 is 9.47 Å². The lowest BCUT2D eigenvalue weighted by Crippen LogP contribution is -2.38. The Balaban J connectivity index is 1.60. The lowest BCUT2D eigenvalue weighted by molar-refractivity contribution is 0.0708. The average Bonchev–Trinajstić information content (AvgIpc) is 3.04. The van der Waals surface area contributed by atoms with Crippen LogP contribution in [0, 0.1) is 5.82 Å². The fourth-order valence-corrected chi connectivity index (χ4v) is 3.44. The first-order valence-electron chi connectivity index (χ1n) is 7.95. The molecule has 1 amide bonds. The van der Waals surface area contributed by atoms with Crippen molar-refractivity contribution in [2.75, 3.05) is 6.54 Å². The Hall–Kier alpha value is -2.44. The summed E-state index contributed by atoms with van der Waals surface area (Å²) in [6, 6.07) is 11.2. The third-order valence-corrected chi connectivity index (χ3v) is 4.83. The van der Waals surface area contributed by atoms with Crippen LogP contribution in [0.3, 0.4) is 0 Å². The van der Waals surface area contributed by atoms with Crippen LogP contribution in [0.1, 0.15) is 16.2 Å². The minimum absolute atomic E-state index is 0.0988. The molecule has 3 aromatic rings. The van der Waals surface area contributed by atoms with Crippen molar-refractivity contribution >= 4 is 29.1 Å². The van der Waals surface area contributed by atoms with Crippen molar-refractivity contribution in [3.8, 4) is 11.4 Å². The quantitative estimate of drug-likeness (QED) is 0.663. The predicted octanol–water partition coefficient (Wildman–Crippen LogP) is 4.05. The summed E-state index contributed by atoms with van der Waals surface area (Å²) >= 11 is 12.1. The number of halogens is 3. The van der Waals surface area contributed by atoms with Crippen molar-refractivity contribution in [3.63, 3.8) is 0 Å². The second-order valence-corrected chi connectivity index (χ2v) is 6.80. The van der Waals surface area contributed by atoms with Gasteiger partial charge in [-0.2, -0.15) is 0 Å². The Morgan fingerprint density at radius 2 is 1.92 bits per heavy atom. The monoisotopic (exact) mass is 390 g/mol. The van der Waals surface area contributed by atoms with Crippen LogP contribution in [0.4, 0.5) is 4.39 Å². The number of aromatic nitrogens is 3. The molecule has 1 aromatic heterocycles. The summed E-state index contributed by atoms with van der Waals surface area (Å²) < 4.78 is 15.2. The maximum atomic E-state index is 13.2. The molecule has 0 radical (unpaired) electrons. The van der Waals surface area contributed by atoms with E-state index in [1.165, 1.54) is 12.1 Å². The van der Waals surface area contributed by atoms with Gasteiger partial charge in [0.2, 0.25) is 0 Å². The van der Waals surface area contributed by atoms with Gasteiger partial charge in [-0.15, -0.1) is 10.2 Å². The molecular weight excluding hydrogens is 378 g/mol. The molecule has 0 saturated heterocycles. The van der Waals surface area contributed by atoms with E-state index in [0.29, 0.717) is 30.5 Å². The van der Waals surface area contributed by atoms with E-state index in [0.717, 1.165) is 17.5 Å². The normalized spacial score (nSPS) is 13.6. The molecule has 0 fully saturated rings. The van der Waals surface area contributed by atoms with Gasteiger partial charge in [0, 0.05) is 23.7 Å². The van der Waals surface area contributed by atoms with Gasteiger partial charge in [0.1, 0.15) is 5.82 Å². The van der Waals surface area contributed by atoms with E-state index in [9.17, 15) is 9.18 Å². The molecule has 2 aromatic carbocycles. The molecule has 4 rings (SSSR count). The SMILES string of the molecule is O=C(c1ccc(F)cc1Cl)N1CCn2c(nnc2-c2cccc(Cl)c2)C1. The highest BCUT2D eigenvalue weighted by Gasteiger charge is 2.26. The smallest absolute Gasteiger partial charge is 0.255 e. The fraction of sp³-hybridized carbons (Fsp3) is 0.167. The number of carbonyl (C=O) groups is 1. The van der Waals surface area contributed by atoms with Gasteiger partial charge in [0.05, 0.1) is 17.1 Å². The molecule has 8 heteroatoms. The largest absolute Gasteiger partial charge is 0.329 e. The number of rotatable bonds is 2. The standard InChI is InChI=1S/C18H13Cl2FN4O/c19-12-3-1-2-11(8-12)17-23-22-16-10-24(6-7-25(16)17)18(26)14-5-4-13(21)9-15(14)20/h1-5,8-9H,6-7,10H2. The van der Waals surface area contributed by atoms with Crippen LogP contribution in [0.5, 0.6) is 0 Å². The number of fused-ring (bicyclic) bond motifs is 1. The average molecular weight is 391 g/mol. The molecule has 0 N–H and O–H groups in total. The van der Waals surface area contributed by atoms with Gasteiger partial charge >= 0.3 is 0 Å². The molecule has 2 heterocycles. The van der Waals surface area contributed by atoms with Crippen molar-refractivity contribution in [2.45, 2.75) is 13.1 Å². The Bertz CT molecular complexity index is 1000. The summed E-state index contributed by atoms with van der Waals surface area (Å²) in [4.78, 5) is 14.3. The Kier molecular flexibility index (Phi) is 4.38. The molecule has 1 aliphatic heterocycles. The van der Waals surface area contributed by atoms with Crippen LogP contribution >= 0.6 is 23.2 Å². The minimum Gasteiger partial charge on any atom is -0.329 e. The lowest BCUT2D eigenvalue weighted by atomic mass is 10.1. The van der Waals surface area contributed by atoms with E-state index < -0.39 is 5.82 Å². The summed E-state index contributed by atoms with van der Waals surface area (Å²) in [7, 11) is 0. The van der Waals surface area contributed by atoms with E-state index in [1.807, 2.05) is 22.8 Å². The first-order valence-corrected chi connectivity index (χ1v) is 8.71. The van der Waals surface area contributed by atoms with Gasteiger partial charge in [-0.3, -0.25) is 4.79 Å². The molecule has 0 saturated carbocycles. The molecule has 0 atom stereocenters. The summed E-state index contributed by atoms with van der Waals surface area (Å²) in [6.45, 7) is 1.33. The zero-order valence-corrected chi connectivity index (χ0v) is 15.0. The Labute approximate surface area is 159 Å². The maximum absolute atomic E-state index is 13.2. The van der Waals surface area contributed by atoms with Crippen LogP contribution in [-0.4, -0.2) is 32.1 Å². The van der Waals surface area contributed by atoms with Gasteiger partial charge in [-0.05, 0) is 30.3 Å². The maximum Gasteiger partial charge on any atom is 0.255 e. The second-order valence-electron chi connectivity index (χ2n) is 5.95. The number of hydrogen-bond donors (Lipinski definition) is 0. The van der Waals surface area contributed by atoms with Crippen molar-refractivity contribution in [1.82, 2.24) is 19.7 Å². The van der Waals surface area contributed by atoms with Crippen LogP contribution in [0.25, 0.3) is 11.4 Å². The number of hydrogen-bond acceptors (Lipinski definition) is 3. The molecule has 0 bridgehead atoms. The molecule has 0 aliphatic carbocycles. The van der Waals surface area contributed by atoms with Crippen molar-refractivity contribution in [1.29, 1.82) is 0 Å². The van der Waals surface area contributed by atoms with Crippen LogP contribution in [0.15, 0.2) is 42.5 Å². The van der Waals surface area contributed by atoms with Gasteiger partial charge in [-0.1, -0.05) is 35.3 Å². The first kappa shape index (κ1) is 17.0. The lowest BCUT2D eigenvalue weighted by Gasteiger charge is -2.28.